The summed E-state index contributed by atoms with van der Waals surface area (Å²) in [5, 5.41) is 13.9. The average Bonchev–Trinajstić information content (AvgIpc) is 2.35. The predicted octanol–water partition coefficient (Wildman–Crippen LogP) is 2.30. The Balaban J connectivity index is 2.16. The molecule has 0 aromatic heterocycles. The Morgan fingerprint density at radius 1 is 1.32 bits per heavy atom. The maximum Gasteiger partial charge on any atom is 0.123 e. The van der Waals surface area contributed by atoms with Gasteiger partial charge < -0.3 is 15.3 Å². The van der Waals surface area contributed by atoms with Gasteiger partial charge in [0.25, 0.3) is 0 Å². The SMILES string of the molecule is Cc1cc(CC2CCCNC2)c(O)c(CN(C)C)c1. The second-order valence-corrected chi connectivity index (χ2v) is 6.09. The molecule has 0 amide bonds. The Labute approximate surface area is 116 Å². The fourth-order valence-electron chi connectivity index (χ4n) is 2.96. The second kappa shape index (κ2) is 6.40. The molecule has 19 heavy (non-hydrogen) atoms. The largest absolute Gasteiger partial charge is 0.507 e. The zero-order chi connectivity index (χ0) is 13.8. The van der Waals surface area contributed by atoms with Crippen LogP contribution in [0.5, 0.6) is 5.75 Å². The van der Waals surface area contributed by atoms with Crippen LogP contribution in [0.2, 0.25) is 0 Å². The minimum atomic E-state index is 0.505. The van der Waals surface area contributed by atoms with Crippen LogP contribution >= 0.6 is 0 Å². The van der Waals surface area contributed by atoms with Crippen LogP contribution in [-0.4, -0.2) is 37.2 Å². The third kappa shape index (κ3) is 3.95. The van der Waals surface area contributed by atoms with Gasteiger partial charge in [0.05, 0.1) is 0 Å². The van der Waals surface area contributed by atoms with E-state index in [1.54, 1.807) is 0 Å². The quantitative estimate of drug-likeness (QED) is 0.874. The van der Waals surface area contributed by atoms with Crippen LogP contribution in [0.1, 0.15) is 29.5 Å². The highest BCUT2D eigenvalue weighted by molar-refractivity contribution is 5.43. The van der Waals surface area contributed by atoms with E-state index >= 15 is 0 Å². The lowest BCUT2D eigenvalue weighted by Gasteiger charge is -2.24. The summed E-state index contributed by atoms with van der Waals surface area (Å²) < 4.78 is 0. The number of hydrogen-bond donors (Lipinski definition) is 2. The van der Waals surface area contributed by atoms with Gasteiger partial charge in [0.1, 0.15) is 5.75 Å². The van der Waals surface area contributed by atoms with Gasteiger partial charge in [-0.1, -0.05) is 17.7 Å². The van der Waals surface area contributed by atoms with Gasteiger partial charge in [-0.15, -0.1) is 0 Å². The number of rotatable bonds is 4. The van der Waals surface area contributed by atoms with E-state index in [0.717, 1.165) is 37.2 Å². The molecular weight excluding hydrogens is 236 g/mol. The highest BCUT2D eigenvalue weighted by Gasteiger charge is 2.17. The molecule has 0 radical (unpaired) electrons. The molecule has 1 unspecified atom stereocenters. The van der Waals surface area contributed by atoms with E-state index in [1.165, 1.54) is 18.4 Å². The van der Waals surface area contributed by atoms with E-state index in [0.29, 0.717) is 11.7 Å². The summed E-state index contributed by atoms with van der Waals surface area (Å²) in [5.41, 5.74) is 3.41. The van der Waals surface area contributed by atoms with Crippen molar-refractivity contribution in [1.29, 1.82) is 0 Å². The van der Waals surface area contributed by atoms with E-state index in [2.05, 4.69) is 29.3 Å². The Morgan fingerprint density at radius 3 is 2.68 bits per heavy atom. The summed E-state index contributed by atoms with van der Waals surface area (Å²) in [4.78, 5) is 2.10. The van der Waals surface area contributed by atoms with Crippen molar-refractivity contribution in [3.63, 3.8) is 0 Å². The highest BCUT2D eigenvalue weighted by atomic mass is 16.3. The molecule has 2 N–H and O–H groups in total. The summed E-state index contributed by atoms with van der Waals surface area (Å²) in [6.07, 6.45) is 3.51. The van der Waals surface area contributed by atoms with Gasteiger partial charge in [0.15, 0.2) is 0 Å². The normalized spacial score (nSPS) is 19.9. The lowest BCUT2D eigenvalue weighted by atomic mass is 9.90. The minimum absolute atomic E-state index is 0.505. The Morgan fingerprint density at radius 2 is 2.05 bits per heavy atom. The van der Waals surface area contributed by atoms with E-state index in [-0.39, 0.29) is 0 Å². The molecular formula is C16H26N2O. The first-order valence-corrected chi connectivity index (χ1v) is 7.23. The lowest BCUT2D eigenvalue weighted by molar-refractivity contribution is 0.363. The van der Waals surface area contributed by atoms with E-state index in [4.69, 9.17) is 0 Å². The Kier molecular flexibility index (Phi) is 4.83. The fraction of sp³-hybridized carbons (Fsp3) is 0.625. The average molecular weight is 262 g/mol. The molecule has 0 bridgehead atoms. The van der Waals surface area contributed by atoms with E-state index in [1.807, 2.05) is 14.1 Å². The number of benzene rings is 1. The molecule has 3 nitrogen and oxygen atoms in total. The number of aromatic hydroxyl groups is 1. The molecule has 2 rings (SSSR count). The van der Waals surface area contributed by atoms with Gasteiger partial charge in [0, 0.05) is 12.1 Å². The van der Waals surface area contributed by atoms with Crippen LogP contribution in [0.4, 0.5) is 0 Å². The maximum absolute atomic E-state index is 10.4. The molecule has 1 aromatic carbocycles. The molecule has 106 valence electrons. The molecule has 1 heterocycles. The number of phenols is 1. The summed E-state index contributed by atoms with van der Waals surface area (Å²) in [6, 6.07) is 4.24. The topological polar surface area (TPSA) is 35.5 Å². The molecule has 1 atom stereocenters. The molecule has 3 heteroatoms. The van der Waals surface area contributed by atoms with Crippen LogP contribution in [0, 0.1) is 12.8 Å². The maximum atomic E-state index is 10.4. The lowest BCUT2D eigenvalue weighted by Crippen LogP contribution is -2.30. The van der Waals surface area contributed by atoms with Gasteiger partial charge >= 0.3 is 0 Å². The van der Waals surface area contributed by atoms with Crippen molar-refractivity contribution in [3.8, 4) is 5.75 Å². The smallest absolute Gasteiger partial charge is 0.123 e. The third-order valence-corrected chi connectivity index (χ3v) is 3.81. The van der Waals surface area contributed by atoms with Crippen LogP contribution in [0.3, 0.4) is 0 Å². The van der Waals surface area contributed by atoms with Crippen molar-refractivity contribution < 1.29 is 5.11 Å². The standard InChI is InChI=1S/C16H26N2O/c1-12-7-14(9-13-5-4-6-17-10-13)16(19)15(8-12)11-18(2)3/h7-8,13,17,19H,4-6,9-11H2,1-3H3. The van der Waals surface area contributed by atoms with E-state index in [9.17, 15) is 5.11 Å². The number of aryl methyl sites for hydroxylation is 1. The first-order chi connectivity index (χ1) is 9.06. The second-order valence-electron chi connectivity index (χ2n) is 6.09. The molecule has 1 saturated heterocycles. The van der Waals surface area contributed by atoms with Crippen molar-refractivity contribution in [2.24, 2.45) is 5.92 Å². The van der Waals surface area contributed by atoms with Crippen molar-refractivity contribution in [3.05, 3.63) is 28.8 Å². The molecule has 0 spiro atoms. The number of phenolic OH excluding ortho intramolecular Hbond substituents is 1. The van der Waals surface area contributed by atoms with Gasteiger partial charge in [-0.3, -0.25) is 0 Å². The van der Waals surface area contributed by atoms with Crippen molar-refractivity contribution in [2.75, 3.05) is 27.2 Å². The zero-order valence-corrected chi connectivity index (χ0v) is 12.4. The summed E-state index contributed by atoms with van der Waals surface area (Å²) in [7, 11) is 4.07. The molecule has 1 aromatic rings. The van der Waals surface area contributed by atoms with Crippen LogP contribution in [-0.2, 0) is 13.0 Å². The third-order valence-electron chi connectivity index (χ3n) is 3.81. The van der Waals surface area contributed by atoms with Gasteiger partial charge in [-0.25, -0.2) is 0 Å². The monoisotopic (exact) mass is 262 g/mol. The van der Waals surface area contributed by atoms with E-state index < -0.39 is 0 Å². The minimum Gasteiger partial charge on any atom is -0.507 e. The van der Waals surface area contributed by atoms with Crippen molar-refractivity contribution in [2.45, 2.75) is 32.7 Å². The number of piperidine rings is 1. The molecule has 0 aliphatic carbocycles. The Bertz CT molecular complexity index is 423. The number of nitrogens with one attached hydrogen (secondary N) is 1. The van der Waals surface area contributed by atoms with Crippen LogP contribution in [0.15, 0.2) is 12.1 Å². The first-order valence-electron chi connectivity index (χ1n) is 7.23. The van der Waals surface area contributed by atoms with Crippen LogP contribution in [0.25, 0.3) is 0 Å². The number of hydrogen-bond acceptors (Lipinski definition) is 3. The molecule has 1 aliphatic rings. The van der Waals surface area contributed by atoms with Gasteiger partial charge in [-0.05, 0) is 64.9 Å². The van der Waals surface area contributed by atoms with Crippen LogP contribution < -0.4 is 5.32 Å². The fourth-order valence-corrected chi connectivity index (χ4v) is 2.96. The zero-order valence-electron chi connectivity index (χ0n) is 12.4. The Hall–Kier alpha value is -1.06. The predicted molar refractivity (Wildman–Crippen MR) is 79.5 cm³/mol. The summed E-state index contributed by atoms with van der Waals surface area (Å²) in [5.74, 6) is 1.17. The first kappa shape index (κ1) is 14.4. The summed E-state index contributed by atoms with van der Waals surface area (Å²) >= 11 is 0. The van der Waals surface area contributed by atoms with Gasteiger partial charge in [-0.2, -0.15) is 0 Å². The number of nitrogens with zero attached hydrogens (tertiary/aromatic N) is 1. The molecule has 0 saturated carbocycles. The van der Waals surface area contributed by atoms with Gasteiger partial charge in [0.2, 0.25) is 0 Å². The highest BCUT2D eigenvalue weighted by Crippen LogP contribution is 2.29. The van der Waals surface area contributed by atoms with Crippen molar-refractivity contribution in [1.82, 2.24) is 10.2 Å². The molecule has 1 aliphatic heterocycles. The van der Waals surface area contributed by atoms with Crippen molar-refractivity contribution >= 4 is 0 Å². The molecule has 1 fully saturated rings. The summed E-state index contributed by atoms with van der Waals surface area (Å²) in [6.45, 7) is 5.13.